The number of anilines is 1. The van der Waals surface area contributed by atoms with Gasteiger partial charge >= 0.3 is 0 Å². The second-order valence-corrected chi connectivity index (χ2v) is 6.63. The predicted molar refractivity (Wildman–Crippen MR) is 92.3 cm³/mol. The van der Waals surface area contributed by atoms with E-state index in [1.807, 2.05) is 19.1 Å². The normalized spacial score (nSPS) is 20.7. The maximum atomic E-state index is 6.40. The summed E-state index contributed by atoms with van der Waals surface area (Å²) in [6.07, 6.45) is 3.43. The molecule has 1 aliphatic rings. The van der Waals surface area contributed by atoms with Crippen molar-refractivity contribution < 1.29 is 0 Å². The first-order valence-corrected chi connectivity index (χ1v) is 8.38. The van der Waals surface area contributed by atoms with Gasteiger partial charge in [0.05, 0.1) is 0 Å². The van der Waals surface area contributed by atoms with E-state index < -0.39 is 0 Å². The number of hydrogen-bond donors (Lipinski definition) is 1. The Labute approximate surface area is 134 Å². The van der Waals surface area contributed by atoms with Gasteiger partial charge < -0.3 is 10.6 Å². The lowest BCUT2D eigenvalue weighted by atomic mass is 10.0. The first-order chi connectivity index (χ1) is 10.0. The van der Waals surface area contributed by atoms with Crippen molar-refractivity contribution in [3.8, 4) is 0 Å². The van der Waals surface area contributed by atoms with Crippen molar-refractivity contribution in [1.82, 2.24) is 4.90 Å². The number of rotatable bonds is 6. The summed E-state index contributed by atoms with van der Waals surface area (Å²) in [5.41, 5.74) is 8.39. The van der Waals surface area contributed by atoms with Gasteiger partial charge in [-0.25, -0.2) is 0 Å². The summed E-state index contributed by atoms with van der Waals surface area (Å²) >= 11 is 6.40. The van der Waals surface area contributed by atoms with E-state index in [4.69, 9.17) is 17.3 Å². The zero-order chi connectivity index (χ0) is 15.4. The summed E-state index contributed by atoms with van der Waals surface area (Å²) in [5, 5.41) is 0.829. The van der Waals surface area contributed by atoms with Crippen molar-refractivity contribution in [3.63, 3.8) is 0 Å². The van der Waals surface area contributed by atoms with Gasteiger partial charge in [-0.1, -0.05) is 24.6 Å². The molecule has 2 N–H and O–H groups in total. The number of nitrogens with two attached hydrogens (primary N) is 1. The molecule has 1 aromatic carbocycles. The third kappa shape index (κ3) is 4.12. The van der Waals surface area contributed by atoms with Crippen LogP contribution in [0.15, 0.2) is 18.2 Å². The van der Waals surface area contributed by atoms with Crippen LogP contribution in [0.5, 0.6) is 0 Å². The molecule has 1 fully saturated rings. The van der Waals surface area contributed by atoms with Gasteiger partial charge in [0, 0.05) is 36.4 Å². The Bertz CT molecular complexity index is 461. The number of nitrogens with zero attached hydrogens (tertiary/aromatic N) is 2. The summed E-state index contributed by atoms with van der Waals surface area (Å²) in [6.45, 7) is 7.71. The van der Waals surface area contributed by atoms with E-state index in [9.17, 15) is 0 Å². The summed E-state index contributed by atoms with van der Waals surface area (Å²) in [5.74, 6) is 0. The molecule has 0 amide bonds. The second-order valence-electron chi connectivity index (χ2n) is 6.22. The predicted octanol–water partition coefficient (Wildman–Crippen LogP) is 3.15. The Morgan fingerprint density at radius 2 is 2.24 bits per heavy atom. The lowest BCUT2D eigenvalue weighted by Gasteiger charge is -2.30. The lowest BCUT2D eigenvalue weighted by molar-refractivity contribution is 0.270. The van der Waals surface area contributed by atoms with Crippen LogP contribution in [0.4, 0.5) is 5.69 Å². The molecule has 21 heavy (non-hydrogen) atoms. The number of benzene rings is 1. The van der Waals surface area contributed by atoms with Crippen LogP contribution in [-0.4, -0.2) is 43.7 Å². The topological polar surface area (TPSA) is 32.5 Å². The van der Waals surface area contributed by atoms with Crippen molar-refractivity contribution in [3.05, 3.63) is 28.8 Å². The molecule has 0 spiro atoms. The van der Waals surface area contributed by atoms with E-state index in [0.29, 0.717) is 6.04 Å². The standard InChI is InChI=1S/C17H28ClN3/c1-4-21-10-6-7-14(21)12-20(3)17-9-5-8-16(18)15(17)11-13(2)19/h5,8-9,13-14H,4,6-7,10-12,19H2,1-3H3. The number of likely N-dealkylation sites (tertiary alicyclic amines) is 1. The average molecular weight is 310 g/mol. The smallest absolute Gasteiger partial charge is 0.0459 e. The molecule has 1 heterocycles. The zero-order valence-electron chi connectivity index (χ0n) is 13.5. The van der Waals surface area contributed by atoms with Gasteiger partial charge in [-0.3, -0.25) is 4.90 Å². The van der Waals surface area contributed by atoms with Crippen molar-refractivity contribution in [2.75, 3.05) is 31.6 Å². The fraction of sp³-hybridized carbons (Fsp3) is 0.647. The van der Waals surface area contributed by atoms with Crippen LogP contribution in [0.2, 0.25) is 5.02 Å². The Balaban J connectivity index is 2.15. The lowest BCUT2D eigenvalue weighted by Crippen LogP contribution is -2.39. The number of halogens is 1. The minimum absolute atomic E-state index is 0.121. The molecule has 0 aliphatic carbocycles. The molecular weight excluding hydrogens is 282 g/mol. The summed E-state index contributed by atoms with van der Waals surface area (Å²) < 4.78 is 0. The molecule has 1 saturated heterocycles. The molecule has 118 valence electrons. The van der Waals surface area contributed by atoms with Gasteiger partial charge in [0.25, 0.3) is 0 Å². The van der Waals surface area contributed by atoms with Crippen molar-refractivity contribution in [2.24, 2.45) is 5.73 Å². The first kappa shape index (κ1) is 16.6. The van der Waals surface area contributed by atoms with Gasteiger partial charge in [0.1, 0.15) is 0 Å². The van der Waals surface area contributed by atoms with Crippen LogP contribution in [-0.2, 0) is 6.42 Å². The maximum absolute atomic E-state index is 6.40. The quantitative estimate of drug-likeness (QED) is 0.876. The van der Waals surface area contributed by atoms with Crippen LogP contribution in [0, 0.1) is 0 Å². The molecule has 2 unspecified atom stereocenters. The van der Waals surface area contributed by atoms with Crippen molar-refractivity contribution in [2.45, 2.75) is 45.2 Å². The van der Waals surface area contributed by atoms with Gasteiger partial charge in [0.15, 0.2) is 0 Å². The Hall–Kier alpha value is -0.770. The Morgan fingerprint density at radius 3 is 2.90 bits per heavy atom. The Kier molecular flexibility index (Phi) is 5.91. The van der Waals surface area contributed by atoms with E-state index in [2.05, 4.69) is 29.8 Å². The largest absolute Gasteiger partial charge is 0.373 e. The molecule has 2 atom stereocenters. The number of hydrogen-bond acceptors (Lipinski definition) is 3. The monoisotopic (exact) mass is 309 g/mol. The van der Waals surface area contributed by atoms with Crippen LogP contribution in [0.3, 0.4) is 0 Å². The third-order valence-corrected chi connectivity index (χ3v) is 4.78. The van der Waals surface area contributed by atoms with E-state index >= 15 is 0 Å². The molecule has 4 heteroatoms. The fourth-order valence-corrected chi connectivity index (χ4v) is 3.61. The van der Waals surface area contributed by atoms with E-state index in [-0.39, 0.29) is 6.04 Å². The van der Waals surface area contributed by atoms with E-state index in [0.717, 1.165) is 24.5 Å². The first-order valence-electron chi connectivity index (χ1n) is 8.01. The highest BCUT2D eigenvalue weighted by molar-refractivity contribution is 6.31. The molecular formula is C17H28ClN3. The fourth-order valence-electron chi connectivity index (χ4n) is 3.36. The van der Waals surface area contributed by atoms with E-state index in [1.165, 1.54) is 30.6 Å². The molecule has 3 nitrogen and oxygen atoms in total. The van der Waals surface area contributed by atoms with Gasteiger partial charge in [-0.2, -0.15) is 0 Å². The van der Waals surface area contributed by atoms with Crippen LogP contribution < -0.4 is 10.6 Å². The van der Waals surface area contributed by atoms with Gasteiger partial charge in [-0.15, -0.1) is 0 Å². The van der Waals surface area contributed by atoms with Crippen LogP contribution in [0.25, 0.3) is 0 Å². The average Bonchev–Trinajstić information content (AvgIpc) is 2.87. The third-order valence-electron chi connectivity index (χ3n) is 4.42. The number of likely N-dealkylation sites (N-methyl/N-ethyl adjacent to an activating group) is 2. The molecule has 0 bridgehead atoms. The summed E-state index contributed by atoms with van der Waals surface area (Å²) in [7, 11) is 2.17. The molecule has 0 radical (unpaired) electrons. The van der Waals surface area contributed by atoms with Crippen molar-refractivity contribution in [1.29, 1.82) is 0 Å². The summed E-state index contributed by atoms with van der Waals surface area (Å²) in [4.78, 5) is 4.93. The van der Waals surface area contributed by atoms with Gasteiger partial charge in [-0.05, 0) is 57.0 Å². The van der Waals surface area contributed by atoms with Crippen LogP contribution >= 0.6 is 11.6 Å². The molecule has 0 aromatic heterocycles. The second kappa shape index (κ2) is 7.48. The SMILES string of the molecule is CCN1CCCC1CN(C)c1cccc(Cl)c1CC(C)N. The Morgan fingerprint density at radius 1 is 1.48 bits per heavy atom. The van der Waals surface area contributed by atoms with Crippen LogP contribution in [0.1, 0.15) is 32.3 Å². The maximum Gasteiger partial charge on any atom is 0.0459 e. The van der Waals surface area contributed by atoms with Crippen molar-refractivity contribution >= 4 is 17.3 Å². The van der Waals surface area contributed by atoms with E-state index in [1.54, 1.807) is 0 Å². The molecule has 0 saturated carbocycles. The minimum Gasteiger partial charge on any atom is -0.373 e. The molecule has 1 aliphatic heterocycles. The van der Waals surface area contributed by atoms with Gasteiger partial charge in [0.2, 0.25) is 0 Å². The highest BCUT2D eigenvalue weighted by Gasteiger charge is 2.25. The minimum atomic E-state index is 0.121. The molecule has 2 rings (SSSR count). The zero-order valence-corrected chi connectivity index (χ0v) is 14.2. The summed E-state index contributed by atoms with van der Waals surface area (Å²) in [6, 6.07) is 6.93. The molecule has 1 aromatic rings. The highest BCUT2D eigenvalue weighted by Crippen LogP contribution is 2.29. The highest BCUT2D eigenvalue weighted by atomic mass is 35.5.